The first-order valence-corrected chi connectivity index (χ1v) is 7.90. The third kappa shape index (κ3) is 4.02. The molecule has 2 rings (SSSR count). The van der Waals surface area contributed by atoms with Crippen LogP contribution in [0.1, 0.15) is 15.9 Å². The molecular weight excluding hydrogens is 432 g/mol. The molecule has 23 heavy (non-hydrogen) atoms. The van der Waals surface area contributed by atoms with Gasteiger partial charge < -0.3 is 14.9 Å². The minimum atomic E-state index is -0.387. The Balaban J connectivity index is 2.11. The number of rotatable bonds is 4. The summed E-state index contributed by atoms with van der Waals surface area (Å²) in [5.74, 6) is -0.334. The lowest BCUT2D eigenvalue weighted by Gasteiger charge is -2.06. The largest absolute Gasteiger partial charge is 0.503 e. The number of carbonyl (C=O) groups excluding carboxylic acids is 1. The number of nitrogens with one attached hydrogen (secondary N) is 1. The van der Waals surface area contributed by atoms with Crippen LogP contribution in [0.4, 0.5) is 0 Å². The maximum Gasteiger partial charge on any atom is 0.271 e. The van der Waals surface area contributed by atoms with Crippen molar-refractivity contribution < 1.29 is 19.7 Å². The molecule has 0 aliphatic heterocycles. The first-order chi connectivity index (χ1) is 10.9. The van der Waals surface area contributed by atoms with E-state index >= 15 is 0 Å². The number of amides is 1. The summed E-state index contributed by atoms with van der Waals surface area (Å²) in [7, 11) is 1.54. The van der Waals surface area contributed by atoms with Crippen molar-refractivity contribution in [3.05, 3.63) is 50.4 Å². The summed E-state index contributed by atoms with van der Waals surface area (Å²) >= 11 is 6.25. The molecule has 0 atom stereocenters. The number of aromatic hydroxyl groups is 2. The van der Waals surface area contributed by atoms with Crippen LogP contribution in [0.3, 0.4) is 0 Å². The van der Waals surface area contributed by atoms with Gasteiger partial charge in [0.05, 0.1) is 22.3 Å². The second kappa shape index (κ2) is 7.47. The quantitative estimate of drug-likeness (QED) is 0.383. The lowest BCUT2D eigenvalue weighted by molar-refractivity contribution is 0.0955. The maximum absolute atomic E-state index is 11.9. The van der Waals surface area contributed by atoms with Gasteiger partial charge in [0, 0.05) is 11.1 Å². The van der Waals surface area contributed by atoms with E-state index in [1.807, 2.05) is 0 Å². The molecule has 6 nitrogen and oxygen atoms in total. The highest BCUT2D eigenvalue weighted by atomic mass is 79.9. The highest BCUT2D eigenvalue weighted by Gasteiger charge is 2.13. The zero-order valence-electron chi connectivity index (χ0n) is 11.9. The van der Waals surface area contributed by atoms with E-state index in [0.717, 1.165) is 0 Å². The Morgan fingerprint density at radius 2 is 1.87 bits per heavy atom. The van der Waals surface area contributed by atoms with Gasteiger partial charge in [-0.15, -0.1) is 0 Å². The van der Waals surface area contributed by atoms with E-state index in [4.69, 9.17) is 4.74 Å². The Kier molecular flexibility index (Phi) is 5.62. The topological polar surface area (TPSA) is 91.2 Å². The average Bonchev–Trinajstić information content (AvgIpc) is 2.57. The lowest BCUT2D eigenvalue weighted by Crippen LogP contribution is -2.17. The van der Waals surface area contributed by atoms with Gasteiger partial charge in [0.15, 0.2) is 11.5 Å². The van der Waals surface area contributed by atoms with Crippen LogP contribution in [0.15, 0.2) is 44.4 Å². The molecule has 1 amide bonds. The van der Waals surface area contributed by atoms with Crippen molar-refractivity contribution in [2.24, 2.45) is 5.10 Å². The predicted octanol–water partition coefficient (Wildman–Crippen LogP) is 3.40. The summed E-state index contributed by atoms with van der Waals surface area (Å²) in [6.45, 7) is 0. The van der Waals surface area contributed by atoms with Crippen LogP contribution in [-0.2, 0) is 0 Å². The molecule has 2 aromatic rings. The molecule has 0 saturated heterocycles. The summed E-state index contributed by atoms with van der Waals surface area (Å²) in [4.78, 5) is 11.9. The van der Waals surface area contributed by atoms with Crippen LogP contribution < -0.4 is 10.2 Å². The number of hydrazone groups is 1. The van der Waals surface area contributed by atoms with E-state index in [2.05, 4.69) is 42.4 Å². The molecule has 0 radical (unpaired) electrons. The zero-order chi connectivity index (χ0) is 17.0. The molecule has 0 bridgehead atoms. The summed E-state index contributed by atoms with van der Waals surface area (Å²) in [5.41, 5.74) is 3.28. The number of hydrogen-bond acceptors (Lipinski definition) is 5. The molecule has 0 aromatic heterocycles. The van der Waals surface area contributed by atoms with Gasteiger partial charge in [-0.05, 0) is 62.2 Å². The van der Waals surface area contributed by atoms with Crippen molar-refractivity contribution in [1.29, 1.82) is 0 Å². The van der Waals surface area contributed by atoms with Crippen LogP contribution in [-0.4, -0.2) is 29.4 Å². The number of nitrogens with zero attached hydrogens (tertiary/aromatic N) is 1. The van der Waals surface area contributed by atoms with Crippen LogP contribution in [0, 0.1) is 0 Å². The second-order valence-corrected chi connectivity index (χ2v) is 6.03. The Morgan fingerprint density at radius 3 is 2.48 bits per heavy atom. The van der Waals surface area contributed by atoms with Crippen molar-refractivity contribution in [2.75, 3.05) is 7.11 Å². The van der Waals surface area contributed by atoms with Crippen LogP contribution in [0.2, 0.25) is 0 Å². The molecular formula is C15H12Br2N2O4. The van der Waals surface area contributed by atoms with Crippen molar-refractivity contribution in [1.82, 2.24) is 5.43 Å². The Bertz CT molecular complexity index is 761. The van der Waals surface area contributed by atoms with Gasteiger partial charge in [-0.3, -0.25) is 4.79 Å². The number of ether oxygens (including phenoxy) is 1. The van der Waals surface area contributed by atoms with Gasteiger partial charge in [-0.1, -0.05) is 0 Å². The molecule has 0 aliphatic rings. The smallest absolute Gasteiger partial charge is 0.271 e. The van der Waals surface area contributed by atoms with Gasteiger partial charge in [-0.25, -0.2) is 5.43 Å². The van der Waals surface area contributed by atoms with E-state index in [1.54, 1.807) is 37.4 Å². The summed E-state index contributed by atoms with van der Waals surface area (Å²) in [6, 6.07) is 8.11. The van der Waals surface area contributed by atoms with E-state index in [-0.39, 0.29) is 21.9 Å². The number of benzene rings is 2. The second-order valence-electron chi connectivity index (χ2n) is 4.39. The average molecular weight is 444 g/mol. The summed E-state index contributed by atoms with van der Waals surface area (Å²) in [6.07, 6.45) is 1.34. The van der Waals surface area contributed by atoms with Crippen LogP contribution in [0.25, 0.3) is 0 Å². The first kappa shape index (κ1) is 17.3. The van der Waals surface area contributed by atoms with Gasteiger partial charge in [0.25, 0.3) is 5.91 Å². The molecule has 0 aliphatic carbocycles. The third-order valence-corrected chi connectivity index (χ3v) is 4.35. The number of phenolic OH excluding ortho intramolecular Hbond substituents is 2. The first-order valence-electron chi connectivity index (χ1n) is 6.31. The zero-order valence-corrected chi connectivity index (χ0v) is 15.1. The molecule has 3 N–H and O–H groups in total. The van der Waals surface area contributed by atoms with Gasteiger partial charge >= 0.3 is 0 Å². The molecule has 8 heteroatoms. The maximum atomic E-state index is 11.9. The third-order valence-electron chi connectivity index (χ3n) is 2.92. The van der Waals surface area contributed by atoms with E-state index in [1.165, 1.54) is 6.21 Å². The summed E-state index contributed by atoms with van der Waals surface area (Å²) in [5, 5.41) is 23.1. The fourth-order valence-corrected chi connectivity index (χ4v) is 2.52. The number of hydrogen-bond donors (Lipinski definition) is 3. The normalized spacial score (nSPS) is 10.7. The predicted molar refractivity (Wildman–Crippen MR) is 93.2 cm³/mol. The van der Waals surface area contributed by atoms with Crippen molar-refractivity contribution in [3.63, 3.8) is 0 Å². The minimum absolute atomic E-state index is 0.264. The van der Waals surface area contributed by atoms with Gasteiger partial charge in [0.2, 0.25) is 0 Å². The van der Waals surface area contributed by atoms with Crippen LogP contribution >= 0.6 is 31.9 Å². The van der Waals surface area contributed by atoms with Gasteiger partial charge in [-0.2, -0.15) is 5.10 Å². The highest BCUT2D eigenvalue weighted by molar-refractivity contribution is 9.11. The van der Waals surface area contributed by atoms with Gasteiger partial charge in [0.1, 0.15) is 5.75 Å². The number of halogens is 2. The molecule has 0 unspecified atom stereocenters. The SMILES string of the molecule is COc1ccc(C(=O)N/N=C\c2cc(Br)c(O)c(O)c2Br)cc1. The Hall–Kier alpha value is -2.06. The number of methoxy groups -OCH3 is 1. The Labute approximate surface area is 149 Å². The molecule has 0 saturated carbocycles. The van der Waals surface area contributed by atoms with Crippen LogP contribution in [0.5, 0.6) is 17.2 Å². The van der Waals surface area contributed by atoms with Crippen molar-refractivity contribution >= 4 is 44.0 Å². The minimum Gasteiger partial charge on any atom is -0.503 e. The van der Waals surface area contributed by atoms with E-state index < -0.39 is 0 Å². The van der Waals surface area contributed by atoms with Crippen molar-refractivity contribution in [2.45, 2.75) is 0 Å². The highest BCUT2D eigenvalue weighted by Crippen LogP contribution is 2.40. The monoisotopic (exact) mass is 442 g/mol. The van der Waals surface area contributed by atoms with Crippen molar-refractivity contribution in [3.8, 4) is 17.2 Å². The van der Waals surface area contributed by atoms with E-state index in [0.29, 0.717) is 21.3 Å². The molecule has 0 spiro atoms. The number of phenols is 2. The standard InChI is InChI=1S/C15H12Br2N2O4/c1-23-10-4-2-8(3-5-10)15(22)19-18-7-9-6-11(16)13(20)14(21)12(9)17/h2-7,20-21H,1H3,(H,19,22)/b18-7-. The molecule has 0 heterocycles. The molecule has 0 fully saturated rings. The lowest BCUT2D eigenvalue weighted by atomic mass is 10.2. The Morgan fingerprint density at radius 1 is 1.22 bits per heavy atom. The molecule has 2 aromatic carbocycles. The fourth-order valence-electron chi connectivity index (χ4n) is 1.68. The fraction of sp³-hybridized carbons (Fsp3) is 0.0667. The molecule has 120 valence electrons. The number of carbonyl (C=O) groups is 1. The summed E-state index contributed by atoms with van der Waals surface area (Å²) < 4.78 is 5.59. The van der Waals surface area contributed by atoms with E-state index in [9.17, 15) is 15.0 Å².